The number of furan rings is 1. The highest BCUT2D eigenvalue weighted by Gasteiger charge is 2.10. The summed E-state index contributed by atoms with van der Waals surface area (Å²) >= 11 is 3.42. The number of hydrogen-bond acceptors (Lipinski definition) is 2. The third kappa shape index (κ3) is 1.49. The number of hydrogen-bond donors (Lipinski definition) is 1. The largest absolute Gasteiger partial charge is 0.458 e. The molecular formula is C11H10BrNO. The lowest BCUT2D eigenvalue weighted by Crippen LogP contribution is -2.04. The first-order valence-corrected chi connectivity index (χ1v) is 5.08. The van der Waals surface area contributed by atoms with Crippen LogP contribution in [-0.2, 0) is 0 Å². The summed E-state index contributed by atoms with van der Waals surface area (Å²) in [6, 6.07) is 7.59. The number of halogens is 1. The van der Waals surface area contributed by atoms with E-state index in [4.69, 9.17) is 10.2 Å². The molecule has 0 spiro atoms. The lowest BCUT2D eigenvalue weighted by atomic mass is 10.2. The van der Waals surface area contributed by atoms with Gasteiger partial charge in [0.2, 0.25) is 0 Å². The standard InChI is InChI=1S/C11H10BrNO/c1-2-9(13)10-6-7-4-3-5-8(12)11(7)14-10/h2-6,9H,1,13H2. The van der Waals surface area contributed by atoms with Crippen molar-refractivity contribution in [3.8, 4) is 0 Å². The molecule has 2 rings (SSSR count). The highest BCUT2D eigenvalue weighted by atomic mass is 79.9. The molecule has 2 nitrogen and oxygen atoms in total. The van der Waals surface area contributed by atoms with E-state index in [1.54, 1.807) is 6.08 Å². The number of benzene rings is 1. The molecule has 1 unspecified atom stereocenters. The minimum absolute atomic E-state index is 0.241. The molecule has 1 aromatic heterocycles. The third-order valence-corrected chi connectivity index (χ3v) is 2.72. The van der Waals surface area contributed by atoms with Crippen LogP contribution in [0.3, 0.4) is 0 Å². The van der Waals surface area contributed by atoms with Crippen molar-refractivity contribution in [1.82, 2.24) is 0 Å². The summed E-state index contributed by atoms with van der Waals surface area (Å²) in [4.78, 5) is 0. The summed E-state index contributed by atoms with van der Waals surface area (Å²) in [6.45, 7) is 3.63. The van der Waals surface area contributed by atoms with Gasteiger partial charge in [0.15, 0.2) is 0 Å². The predicted octanol–water partition coefficient (Wildman–Crippen LogP) is 3.38. The normalized spacial score (nSPS) is 13.0. The molecule has 1 heterocycles. The molecule has 0 saturated heterocycles. The summed E-state index contributed by atoms with van der Waals surface area (Å²) in [5.74, 6) is 0.738. The van der Waals surface area contributed by atoms with Gasteiger partial charge < -0.3 is 10.2 Å². The van der Waals surface area contributed by atoms with Gasteiger partial charge in [0, 0.05) is 5.39 Å². The van der Waals surface area contributed by atoms with Gasteiger partial charge in [-0.2, -0.15) is 0 Å². The van der Waals surface area contributed by atoms with Gasteiger partial charge >= 0.3 is 0 Å². The second-order valence-electron chi connectivity index (χ2n) is 3.07. The maximum atomic E-state index is 5.78. The van der Waals surface area contributed by atoms with Crippen molar-refractivity contribution in [1.29, 1.82) is 0 Å². The number of rotatable bonds is 2. The summed E-state index contributed by atoms with van der Waals surface area (Å²) in [5, 5.41) is 1.05. The van der Waals surface area contributed by atoms with Crippen LogP contribution in [0.5, 0.6) is 0 Å². The monoisotopic (exact) mass is 251 g/mol. The molecule has 72 valence electrons. The van der Waals surface area contributed by atoms with Crippen LogP contribution < -0.4 is 5.73 Å². The summed E-state index contributed by atoms with van der Waals surface area (Å²) in [5.41, 5.74) is 6.61. The molecule has 0 saturated carbocycles. The van der Waals surface area contributed by atoms with Crippen LogP contribution in [0.4, 0.5) is 0 Å². The Kier molecular flexibility index (Phi) is 2.44. The van der Waals surface area contributed by atoms with E-state index in [1.165, 1.54) is 0 Å². The van der Waals surface area contributed by atoms with E-state index in [9.17, 15) is 0 Å². The molecule has 0 bridgehead atoms. The van der Waals surface area contributed by atoms with Crippen LogP contribution in [-0.4, -0.2) is 0 Å². The Morgan fingerprint density at radius 1 is 1.50 bits per heavy atom. The van der Waals surface area contributed by atoms with Crippen LogP contribution in [0.2, 0.25) is 0 Å². The first-order chi connectivity index (χ1) is 6.72. The quantitative estimate of drug-likeness (QED) is 0.832. The van der Waals surface area contributed by atoms with Crippen molar-refractivity contribution in [2.75, 3.05) is 0 Å². The Balaban J connectivity index is 2.62. The number of nitrogens with two attached hydrogens (primary N) is 1. The van der Waals surface area contributed by atoms with E-state index in [0.29, 0.717) is 0 Å². The van der Waals surface area contributed by atoms with E-state index in [0.717, 1.165) is 21.2 Å². The highest BCUT2D eigenvalue weighted by molar-refractivity contribution is 9.10. The zero-order chi connectivity index (χ0) is 10.1. The minimum Gasteiger partial charge on any atom is -0.458 e. The summed E-state index contributed by atoms with van der Waals surface area (Å²) in [6.07, 6.45) is 1.66. The molecule has 3 heteroatoms. The first kappa shape index (κ1) is 9.49. The third-order valence-electron chi connectivity index (χ3n) is 2.10. The van der Waals surface area contributed by atoms with Gasteiger partial charge in [-0.05, 0) is 28.1 Å². The average Bonchev–Trinajstić information content (AvgIpc) is 2.62. The fourth-order valence-electron chi connectivity index (χ4n) is 1.33. The van der Waals surface area contributed by atoms with E-state index in [-0.39, 0.29) is 6.04 Å². The van der Waals surface area contributed by atoms with E-state index < -0.39 is 0 Å². The predicted molar refractivity (Wildman–Crippen MR) is 61.0 cm³/mol. The Labute approximate surface area is 90.5 Å². The zero-order valence-corrected chi connectivity index (χ0v) is 9.12. The van der Waals surface area contributed by atoms with Gasteiger partial charge in [0.1, 0.15) is 11.3 Å². The van der Waals surface area contributed by atoms with Gasteiger partial charge in [0.25, 0.3) is 0 Å². The lowest BCUT2D eigenvalue weighted by molar-refractivity contribution is 0.529. The summed E-state index contributed by atoms with van der Waals surface area (Å²) < 4.78 is 6.55. The van der Waals surface area contributed by atoms with Gasteiger partial charge in [-0.3, -0.25) is 0 Å². The van der Waals surface area contributed by atoms with Gasteiger partial charge in [-0.25, -0.2) is 0 Å². The smallest absolute Gasteiger partial charge is 0.148 e. The summed E-state index contributed by atoms with van der Waals surface area (Å²) in [7, 11) is 0. The van der Waals surface area contributed by atoms with Crippen molar-refractivity contribution in [3.63, 3.8) is 0 Å². The maximum absolute atomic E-state index is 5.78. The SMILES string of the molecule is C=CC(N)c1cc2cccc(Br)c2o1. The van der Waals surface area contributed by atoms with E-state index in [2.05, 4.69) is 22.5 Å². The first-order valence-electron chi connectivity index (χ1n) is 4.28. The van der Waals surface area contributed by atoms with Crippen LogP contribution in [0, 0.1) is 0 Å². The molecule has 1 aromatic carbocycles. The van der Waals surface area contributed by atoms with Crippen LogP contribution in [0.25, 0.3) is 11.0 Å². The molecule has 0 aliphatic rings. The molecule has 1 atom stereocenters. The molecule has 2 N–H and O–H groups in total. The van der Waals surface area contributed by atoms with Gasteiger partial charge in [-0.15, -0.1) is 6.58 Å². The maximum Gasteiger partial charge on any atom is 0.148 e. The van der Waals surface area contributed by atoms with Gasteiger partial charge in [-0.1, -0.05) is 18.2 Å². The molecule has 0 fully saturated rings. The van der Waals surface area contributed by atoms with Crippen molar-refractivity contribution in [3.05, 3.63) is 47.2 Å². The molecule has 0 aliphatic carbocycles. The zero-order valence-electron chi connectivity index (χ0n) is 7.53. The topological polar surface area (TPSA) is 39.2 Å². The Hall–Kier alpha value is -1.06. The molecule has 0 radical (unpaired) electrons. The molecule has 0 aliphatic heterocycles. The number of para-hydroxylation sites is 1. The fourth-order valence-corrected chi connectivity index (χ4v) is 1.79. The molecule has 2 aromatic rings. The molecule has 14 heavy (non-hydrogen) atoms. The van der Waals surface area contributed by atoms with E-state index in [1.807, 2.05) is 24.3 Å². The highest BCUT2D eigenvalue weighted by Crippen LogP contribution is 2.29. The van der Waals surface area contributed by atoms with Crippen molar-refractivity contribution >= 4 is 26.9 Å². The van der Waals surface area contributed by atoms with Crippen molar-refractivity contribution < 1.29 is 4.42 Å². The lowest BCUT2D eigenvalue weighted by Gasteiger charge is -1.98. The number of fused-ring (bicyclic) bond motifs is 1. The second-order valence-corrected chi connectivity index (χ2v) is 3.92. The molecular weight excluding hydrogens is 242 g/mol. The van der Waals surface area contributed by atoms with Crippen LogP contribution in [0.15, 0.2) is 45.8 Å². The molecule has 0 amide bonds. The Bertz CT molecular complexity index is 475. The Morgan fingerprint density at radius 3 is 2.93 bits per heavy atom. The Morgan fingerprint density at radius 2 is 2.29 bits per heavy atom. The van der Waals surface area contributed by atoms with Crippen LogP contribution >= 0.6 is 15.9 Å². The average molecular weight is 252 g/mol. The van der Waals surface area contributed by atoms with Crippen molar-refractivity contribution in [2.45, 2.75) is 6.04 Å². The minimum atomic E-state index is -0.241. The second kappa shape index (κ2) is 3.59. The fraction of sp³-hybridized carbons (Fsp3) is 0.0909. The van der Waals surface area contributed by atoms with Crippen LogP contribution in [0.1, 0.15) is 11.8 Å². The van der Waals surface area contributed by atoms with Crippen molar-refractivity contribution in [2.24, 2.45) is 5.73 Å². The van der Waals surface area contributed by atoms with Gasteiger partial charge in [0.05, 0.1) is 10.5 Å². The van der Waals surface area contributed by atoms with E-state index >= 15 is 0 Å².